The zero-order chi connectivity index (χ0) is 56.3. The van der Waals surface area contributed by atoms with E-state index in [-0.39, 0.29) is 43.3 Å². The summed E-state index contributed by atoms with van der Waals surface area (Å²) >= 11 is 0. The number of hydrogen-bond acceptors (Lipinski definition) is 14. The molecule has 25 heteroatoms. The van der Waals surface area contributed by atoms with Crippen LogP contribution in [-0.2, 0) is 60.8 Å². The third kappa shape index (κ3) is 20.0. The molecule has 17 N–H and O–H groups in total. The second-order valence-electron chi connectivity index (χ2n) is 19.5. The first-order chi connectivity index (χ1) is 35.2. The van der Waals surface area contributed by atoms with Crippen LogP contribution < -0.4 is 54.0 Å². The number of aromatic hydroxyl groups is 1. The van der Waals surface area contributed by atoms with Crippen molar-refractivity contribution < 1.29 is 68.4 Å². The van der Waals surface area contributed by atoms with E-state index in [1.807, 2.05) is 38.1 Å². The summed E-state index contributed by atoms with van der Waals surface area (Å²) in [5, 5.41) is 60.1. The van der Waals surface area contributed by atoms with E-state index >= 15 is 0 Å². The predicted molar refractivity (Wildman–Crippen MR) is 272 cm³/mol. The Morgan fingerprint density at radius 1 is 0.600 bits per heavy atom. The number of hydrogen-bond donors (Lipinski definition) is 15. The van der Waals surface area contributed by atoms with Gasteiger partial charge in [-0.25, -0.2) is 4.79 Å². The van der Waals surface area contributed by atoms with Crippen LogP contribution >= 0.6 is 0 Å². The fourth-order valence-electron chi connectivity index (χ4n) is 7.77. The van der Waals surface area contributed by atoms with E-state index < -0.39 is 139 Å². The summed E-state index contributed by atoms with van der Waals surface area (Å²) < 4.78 is 0. The van der Waals surface area contributed by atoms with Crippen LogP contribution in [0.4, 0.5) is 0 Å². The summed E-state index contributed by atoms with van der Waals surface area (Å²) in [6, 6.07) is 1.42. The average Bonchev–Trinajstić information content (AvgIpc) is 3.74. The molecule has 0 bridgehead atoms. The van der Waals surface area contributed by atoms with Crippen molar-refractivity contribution in [2.75, 3.05) is 13.2 Å². The van der Waals surface area contributed by atoms with Gasteiger partial charge in [0, 0.05) is 23.5 Å². The number of aromatic amines is 1. The number of carbonyl (C=O) groups is 10. The van der Waals surface area contributed by atoms with Crippen LogP contribution in [0.3, 0.4) is 0 Å². The minimum atomic E-state index is -1.80. The van der Waals surface area contributed by atoms with E-state index in [0.29, 0.717) is 5.56 Å². The van der Waals surface area contributed by atoms with Crippen LogP contribution in [0.1, 0.15) is 78.9 Å². The molecule has 0 aliphatic carbocycles. The Morgan fingerprint density at radius 3 is 1.71 bits per heavy atom. The molecule has 0 aliphatic heterocycles. The summed E-state index contributed by atoms with van der Waals surface area (Å²) in [7, 11) is 0. The maximum absolute atomic E-state index is 13.8. The first-order valence-corrected chi connectivity index (χ1v) is 24.5. The third-order valence-electron chi connectivity index (χ3n) is 11.7. The van der Waals surface area contributed by atoms with E-state index in [1.165, 1.54) is 24.3 Å². The van der Waals surface area contributed by atoms with Gasteiger partial charge in [0.15, 0.2) is 0 Å². The number of carboxylic acid groups (broad SMARTS) is 1. The molecule has 9 atom stereocenters. The number of carboxylic acids is 1. The number of rotatable bonds is 30. The number of H-pyrrole nitrogens is 1. The summed E-state index contributed by atoms with van der Waals surface area (Å²) in [6.45, 7) is 9.53. The zero-order valence-corrected chi connectivity index (χ0v) is 43.1. The lowest BCUT2D eigenvalue weighted by molar-refractivity contribution is -0.142. The zero-order valence-electron chi connectivity index (χ0n) is 43.1. The smallest absolute Gasteiger partial charge is 0.326 e. The van der Waals surface area contributed by atoms with Crippen LogP contribution in [0, 0.1) is 17.8 Å². The molecule has 0 unspecified atom stereocenters. The Labute approximate surface area is 433 Å². The molecular formula is C50H73N11O14. The molecule has 0 saturated heterocycles. The number of aliphatic carboxylic acids is 1. The molecule has 2 aromatic carbocycles. The molecule has 9 amide bonds. The lowest BCUT2D eigenvalue weighted by Crippen LogP contribution is -2.62. The fourth-order valence-corrected chi connectivity index (χ4v) is 7.77. The molecule has 3 aromatic rings. The molecular weight excluding hydrogens is 979 g/mol. The fraction of sp³-hybridized carbons (Fsp3) is 0.520. The van der Waals surface area contributed by atoms with Gasteiger partial charge in [-0.15, -0.1) is 0 Å². The molecule has 0 aliphatic rings. The molecule has 0 fully saturated rings. The minimum Gasteiger partial charge on any atom is -0.508 e. The molecule has 1 heterocycles. The lowest BCUT2D eigenvalue weighted by Gasteiger charge is -2.29. The van der Waals surface area contributed by atoms with E-state index in [4.69, 9.17) is 11.5 Å². The van der Waals surface area contributed by atoms with Crippen LogP contribution in [-0.4, -0.2) is 152 Å². The van der Waals surface area contributed by atoms with Gasteiger partial charge in [-0.2, -0.15) is 0 Å². The highest BCUT2D eigenvalue weighted by molar-refractivity contribution is 5.99. The molecule has 75 heavy (non-hydrogen) atoms. The number of primary amides is 1. The van der Waals surface area contributed by atoms with E-state index in [1.54, 1.807) is 33.9 Å². The largest absolute Gasteiger partial charge is 0.508 e. The number of carbonyl (C=O) groups excluding carboxylic acids is 9. The third-order valence-corrected chi connectivity index (χ3v) is 11.7. The maximum Gasteiger partial charge on any atom is 0.326 e. The molecule has 1 aromatic heterocycles. The molecule has 412 valence electrons. The normalized spacial score (nSPS) is 14.9. The number of phenols is 1. The highest BCUT2D eigenvalue weighted by Crippen LogP contribution is 2.19. The van der Waals surface area contributed by atoms with Crippen molar-refractivity contribution >= 4 is 70.0 Å². The van der Waals surface area contributed by atoms with Gasteiger partial charge in [-0.05, 0) is 73.3 Å². The van der Waals surface area contributed by atoms with Crippen molar-refractivity contribution in [2.45, 2.75) is 135 Å². The van der Waals surface area contributed by atoms with Crippen molar-refractivity contribution in [1.82, 2.24) is 47.5 Å². The Bertz CT molecular complexity index is 2480. The molecule has 0 spiro atoms. The molecule has 3 rings (SSSR count). The van der Waals surface area contributed by atoms with Crippen molar-refractivity contribution in [1.29, 1.82) is 0 Å². The SMILES string of the molecule is CC(C)C[C@H](NC(=O)[C@H](Cc1ccc(O)cc1)NC(=O)[C@H](CO)NC(=O)CNC(=O)[C@H](CC(N)=O)NC(=O)[C@@H](NC(=O)[C@@H](NC(=O)[C@H](CC(C)C)NC(=O)[C@@H](N)Cc1c[nH]c2ccccc12)C(C)C)[C@@H](C)O)C(=O)O. The number of amides is 9. The van der Waals surface area contributed by atoms with Crippen LogP contribution in [0.5, 0.6) is 5.75 Å². The van der Waals surface area contributed by atoms with Crippen molar-refractivity contribution in [3.63, 3.8) is 0 Å². The standard InChI is InChI=1S/C50H73N11O14/c1-24(2)16-34(56-43(67)32(51)19-29-21-53-33-11-9-8-10-31(29)33)46(70)60-41(26(5)6)48(72)61-42(27(7)63)49(73)58-36(20-39(52)65)44(68)54-22-40(66)55-38(23-62)47(71)57-35(18-28-12-14-30(64)15-13-28)45(69)59-37(50(74)75)17-25(3)4/h8-15,21,24-27,32,34-38,41-42,53,62-64H,16-20,22-23,51H2,1-7H3,(H2,52,65)(H,54,68)(H,55,66)(H,56,67)(H,57,71)(H,58,73)(H,59,69)(H,60,70)(H,61,72)(H,74,75)/t27-,32+,34+,35+,36+,37+,38+,41+,42+/m1/s1. The van der Waals surface area contributed by atoms with Gasteiger partial charge in [0.1, 0.15) is 48.0 Å². The van der Waals surface area contributed by atoms with Crippen molar-refractivity contribution in [3.05, 3.63) is 65.9 Å². The number of nitrogens with one attached hydrogen (secondary N) is 9. The van der Waals surface area contributed by atoms with Crippen molar-refractivity contribution in [3.8, 4) is 5.75 Å². The first kappa shape index (κ1) is 61.7. The van der Waals surface area contributed by atoms with E-state index in [9.17, 15) is 68.4 Å². The Balaban J connectivity index is 1.68. The summed E-state index contributed by atoms with van der Waals surface area (Å²) in [4.78, 5) is 135. The Kier molecular flexibility index (Phi) is 24.1. The number of aromatic nitrogens is 1. The first-order valence-electron chi connectivity index (χ1n) is 24.5. The molecule has 0 radical (unpaired) electrons. The lowest BCUT2D eigenvalue weighted by atomic mass is 9.98. The maximum atomic E-state index is 13.8. The molecule has 0 saturated carbocycles. The van der Waals surface area contributed by atoms with Crippen molar-refractivity contribution in [2.24, 2.45) is 29.2 Å². The van der Waals surface area contributed by atoms with Gasteiger partial charge < -0.3 is 79.4 Å². The van der Waals surface area contributed by atoms with Crippen LogP contribution in [0.2, 0.25) is 0 Å². The van der Waals surface area contributed by atoms with E-state index in [0.717, 1.165) is 23.4 Å². The second kappa shape index (κ2) is 29.3. The highest BCUT2D eigenvalue weighted by Gasteiger charge is 2.36. The van der Waals surface area contributed by atoms with Gasteiger partial charge in [-0.1, -0.05) is 71.9 Å². The number of para-hydroxylation sites is 1. The second-order valence-corrected chi connectivity index (χ2v) is 19.5. The van der Waals surface area contributed by atoms with E-state index in [2.05, 4.69) is 47.5 Å². The number of nitrogens with two attached hydrogens (primary N) is 2. The predicted octanol–water partition coefficient (Wildman–Crippen LogP) is -2.42. The average molecular weight is 1050 g/mol. The summed E-state index contributed by atoms with van der Waals surface area (Å²) in [5.74, 6) is -11.1. The van der Waals surface area contributed by atoms with Gasteiger partial charge in [-0.3, -0.25) is 43.2 Å². The van der Waals surface area contributed by atoms with Gasteiger partial charge >= 0.3 is 5.97 Å². The quantitative estimate of drug-likeness (QED) is 0.0330. The number of fused-ring (bicyclic) bond motifs is 1. The van der Waals surface area contributed by atoms with Gasteiger partial charge in [0.2, 0.25) is 53.2 Å². The number of benzene rings is 2. The topological polar surface area (TPSA) is 416 Å². The Morgan fingerprint density at radius 2 is 1.13 bits per heavy atom. The number of phenolic OH excluding ortho intramolecular Hbond substituents is 1. The highest BCUT2D eigenvalue weighted by atomic mass is 16.4. The summed E-state index contributed by atoms with van der Waals surface area (Å²) in [6.07, 6.45) is -0.572. The molecule has 25 nitrogen and oxygen atoms in total. The number of aliphatic hydroxyl groups excluding tert-OH is 2. The van der Waals surface area contributed by atoms with Crippen LogP contribution in [0.15, 0.2) is 54.7 Å². The minimum absolute atomic E-state index is 0.0541. The van der Waals surface area contributed by atoms with Gasteiger partial charge in [0.25, 0.3) is 0 Å². The Hall–Kier alpha value is -7.64. The van der Waals surface area contributed by atoms with Gasteiger partial charge in [0.05, 0.1) is 31.7 Å². The number of aliphatic hydroxyl groups is 2. The monoisotopic (exact) mass is 1050 g/mol. The summed E-state index contributed by atoms with van der Waals surface area (Å²) in [5.41, 5.74) is 13.8. The van der Waals surface area contributed by atoms with Crippen LogP contribution in [0.25, 0.3) is 10.9 Å².